The van der Waals surface area contributed by atoms with E-state index in [-0.39, 0.29) is 11.5 Å². The van der Waals surface area contributed by atoms with E-state index in [0.717, 1.165) is 34.0 Å². The molecule has 1 amide bonds. The van der Waals surface area contributed by atoms with Crippen molar-refractivity contribution >= 4 is 11.6 Å². The van der Waals surface area contributed by atoms with Gasteiger partial charge in [0.05, 0.1) is 6.42 Å². The molecule has 3 aromatic carbocycles. The maximum Gasteiger partial charge on any atom is 0.228 e. The van der Waals surface area contributed by atoms with Gasteiger partial charge in [-0.1, -0.05) is 36.4 Å². The molecule has 4 heteroatoms. The molecule has 0 fully saturated rings. The average Bonchev–Trinajstić information content (AvgIpc) is 2.96. The van der Waals surface area contributed by atoms with Crippen LogP contribution in [0.25, 0.3) is 22.3 Å². The first-order valence-corrected chi connectivity index (χ1v) is 8.02. The molecule has 0 unspecified atom stereocenters. The third-order valence-electron chi connectivity index (χ3n) is 4.53. The highest BCUT2D eigenvalue weighted by atomic mass is 19.2. The van der Waals surface area contributed by atoms with E-state index in [4.69, 9.17) is 0 Å². The Morgan fingerprint density at radius 2 is 1.72 bits per heavy atom. The highest BCUT2D eigenvalue weighted by Crippen LogP contribution is 2.38. The second-order valence-electron chi connectivity index (χ2n) is 6.20. The van der Waals surface area contributed by atoms with Crippen molar-refractivity contribution in [1.29, 1.82) is 0 Å². The number of hydrogen-bond donors (Lipinski definition) is 1. The molecule has 2 nitrogen and oxygen atoms in total. The maximum atomic E-state index is 14.4. The lowest BCUT2D eigenvalue weighted by Crippen LogP contribution is -2.03. The molecule has 4 rings (SSSR count). The van der Waals surface area contributed by atoms with Crippen molar-refractivity contribution in [3.05, 3.63) is 77.4 Å². The first-order valence-electron chi connectivity index (χ1n) is 8.02. The SMILES string of the molecule is Cc1cccc(-c2cccc(F)c2F)c1-c1ccc2c(c1)CC(=O)N2. The number of rotatable bonds is 2. The minimum absolute atomic E-state index is 0.0340. The van der Waals surface area contributed by atoms with Crippen LogP contribution in [0.1, 0.15) is 11.1 Å². The van der Waals surface area contributed by atoms with Crippen molar-refractivity contribution in [2.24, 2.45) is 0 Å². The summed E-state index contributed by atoms with van der Waals surface area (Å²) in [6, 6.07) is 15.4. The molecular weight excluding hydrogens is 320 g/mol. The van der Waals surface area contributed by atoms with E-state index in [1.54, 1.807) is 12.1 Å². The number of aryl methyl sites for hydroxylation is 1. The van der Waals surface area contributed by atoms with Crippen LogP contribution in [0.2, 0.25) is 0 Å². The van der Waals surface area contributed by atoms with Gasteiger partial charge in [-0.15, -0.1) is 0 Å². The summed E-state index contributed by atoms with van der Waals surface area (Å²) in [5.74, 6) is -1.76. The summed E-state index contributed by atoms with van der Waals surface area (Å²) in [5.41, 5.74) is 5.26. The fourth-order valence-electron chi connectivity index (χ4n) is 3.37. The summed E-state index contributed by atoms with van der Waals surface area (Å²) < 4.78 is 28.1. The first kappa shape index (κ1) is 15.5. The zero-order valence-electron chi connectivity index (χ0n) is 13.6. The van der Waals surface area contributed by atoms with Crippen molar-refractivity contribution < 1.29 is 13.6 Å². The van der Waals surface area contributed by atoms with Crippen LogP contribution in [0.5, 0.6) is 0 Å². The van der Waals surface area contributed by atoms with Crippen LogP contribution < -0.4 is 5.32 Å². The van der Waals surface area contributed by atoms with E-state index in [1.165, 1.54) is 6.07 Å². The van der Waals surface area contributed by atoms with Gasteiger partial charge in [0.1, 0.15) is 0 Å². The third kappa shape index (κ3) is 2.60. The average molecular weight is 335 g/mol. The number of carbonyl (C=O) groups excluding carboxylic acids is 1. The summed E-state index contributed by atoms with van der Waals surface area (Å²) in [6.45, 7) is 1.94. The summed E-state index contributed by atoms with van der Waals surface area (Å²) >= 11 is 0. The van der Waals surface area contributed by atoms with Gasteiger partial charge in [-0.3, -0.25) is 4.79 Å². The molecule has 124 valence electrons. The Bertz CT molecular complexity index is 1010. The lowest BCUT2D eigenvalue weighted by atomic mass is 9.90. The van der Waals surface area contributed by atoms with Crippen molar-refractivity contribution in [1.82, 2.24) is 0 Å². The van der Waals surface area contributed by atoms with Gasteiger partial charge in [-0.25, -0.2) is 8.78 Å². The largest absolute Gasteiger partial charge is 0.326 e. The molecule has 0 atom stereocenters. The van der Waals surface area contributed by atoms with Gasteiger partial charge in [0.15, 0.2) is 11.6 Å². The number of nitrogens with one attached hydrogen (secondary N) is 1. The zero-order valence-corrected chi connectivity index (χ0v) is 13.6. The number of halogens is 2. The highest BCUT2D eigenvalue weighted by molar-refractivity contribution is 6.00. The number of fused-ring (bicyclic) bond motifs is 1. The lowest BCUT2D eigenvalue weighted by Gasteiger charge is -2.15. The van der Waals surface area contributed by atoms with Crippen molar-refractivity contribution in [2.45, 2.75) is 13.3 Å². The molecule has 1 aliphatic rings. The summed E-state index contributed by atoms with van der Waals surface area (Å²) in [4.78, 5) is 11.6. The maximum absolute atomic E-state index is 14.4. The minimum atomic E-state index is -0.867. The second-order valence-corrected chi connectivity index (χ2v) is 6.20. The van der Waals surface area contributed by atoms with E-state index < -0.39 is 11.6 Å². The number of anilines is 1. The van der Waals surface area contributed by atoms with Crippen LogP contribution in [0.4, 0.5) is 14.5 Å². The molecule has 0 aliphatic carbocycles. The van der Waals surface area contributed by atoms with Crippen LogP contribution in [0.15, 0.2) is 54.6 Å². The van der Waals surface area contributed by atoms with Crippen molar-refractivity contribution in [3.8, 4) is 22.3 Å². The Kier molecular flexibility index (Phi) is 3.61. The number of amides is 1. The van der Waals surface area contributed by atoms with Gasteiger partial charge in [0, 0.05) is 11.3 Å². The van der Waals surface area contributed by atoms with Crippen LogP contribution >= 0.6 is 0 Å². The summed E-state index contributed by atoms with van der Waals surface area (Å²) in [7, 11) is 0. The standard InChI is InChI=1S/C21H15F2NO/c1-12-4-2-5-15(16-6-3-7-17(22)21(16)23)20(12)13-8-9-18-14(10-13)11-19(25)24-18/h2-10H,11H2,1H3,(H,24,25). The molecule has 25 heavy (non-hydrogen) atoms. The normalized spacial score (nSPS) is 12.8. The van der Waals surface area contributed by atoms with Gasteiger partial charge < -0.3 is 5.32 Å². The van der Waals surface area contributed by atoms with Crippen molar-refractivity contribution in [3.63, 3.8) is 0 Å². The quantitative estimate of drug-likeness (QED) is 0.693. The smallest absolute Gasteiger partial charge is 0.228 e. The predicted octanol–water partition coefficient (Wildman–Crippen LogP) is 5.10. The second kappa shape index (κ2) is 5.81. The molecule has 0 saturated heterocycles. The predicted molar refractivity (Wildman–Crippen MR) is 94.3 cm³/mol. The van der Waals surface area contributed by atoms with Crippen molar-refractivity contribution in [2.75, 3.05) is 5.32 Å². The number of carbonyl (C=O) groups is 1. The van der Waals surface area contributed by atoms with Crippen LogP contribution in [-0.4, -0.2) is 5.91 Å². The summed E-state index contributed by atoms with van der Waals surface area (Å²) in [5, 5.41) is 2.81. The molecular formula is C21H15F2NO. The molecule has 0 spiro atoms. The fourth-order valence-corrected chi connectivity index (χ4v) is 3.37. The van der Waals surface area contributed by atoms with Gasteiger partial charge in [0.2, 0.25) is 5.91 Å². The van der Waals surface area contributed by atoms with E-state index in [1.807, 2.05) is 37.3 Å². The molecule has 1 N–H and O–H groups in total. The molecule has 3 aromatic rings. The molecule has 1 aliphatic heterocycles. The monoisotopic (exact) mass is 335 g/mol. The number of hydrogen-bond acceptors (Lipinski definition) is 1. The molecule has 0 bridgehead atoms. The lowest BCUT2D eigenvalue weighted by molar-refractivity contribution is -0.115. The third-order valence-corrected chi connectivity index (χ3v) is 4.53. The van der Waals surface area contributed by atoms with E-state index in [2.05, 4.69) is 5.32 Å². The fraction of sp³-hybridized carbons (Fsp3) is 0.0952. The molecule has 0 aromatic heterocycles. The van der Waals surface area contributed by atoms with Crippen LogP contribution in [0.3, 0.4) is 0 Å². The first-order chi connectivity index (χ1) is 12.0. The van der Waals surface area contributed by atoms with E-state index in [0.29, 0.717) is 12.0 Å². The highest BCUT2D eigenvalue weighted by Gasteiger charge is 2.20. The van der Waals surface area contributed by atoms with E-state index >= 15 is 0 Å². The van der Waals surface area contributed by atoms with E-state index in [9.17, 15) is 13.6 Å². The Labute approximate surface area is 144 Å². The molecule has 1 heterocycles. The molecule has 0 saturated carbocycles. The Balaban J connectivity index is 1.93. The van der Waals surface area contributed by atoms with Gasteiger partial charge in [-0.05, 0) is 52.9 Å². The van der Waals surface area contributed by atoms with Crippen LogP contribution in [0, 0.1) is 18.6 Å². The van der Waals surface area contributed by atoms with Crippen LogP contribution in [-0.2, 0) is 11.2 Å². The van der Waals surface area contributed by atoms with Gasteiger partial charge in [-0.2, -0.15) is 0 Å². The Hall–Kier alpha value is -3.01. The Morgan fingerprint density at radius 3 is 2.56 bits per heavy atom. The minimum Gasteiger partial charge on any atom is -0.326 e. The molecule has 0 radical (unpaired) electrons. The summed E-state index contributed by atoms with van der Waals surface area (Å²) in [6.07, 6.45) is 0.332. The Morgan fingerprint density at radius 1 is 0.960 bits per heavy atom. The zero-order chi connectivity index (χ0) is 17.6. The van der Waals surface area contributed by atoms with Gasteiger partial charge in [0.25, 0.3) is 0 Å². The number of benzene rings is 3. The topological polar surface area (TPSA) is 29.1 Å². The van der Waals surface area contributed by atoms with Gasteiger partial charge >= 0.3 is 0 Å².